The summed E-state index contributed by atoms with van der Waals surface area (Å²) in [6.07, 6.45) is 3.59. The van der Waals surface area contributed by atoms with Crippen molar-refractivity contribution >= 4 is 5.91 Å². The highest BCUT2D eigenvalue weighted by atomic mass is 16.3. The minimum absolute atomic E-state index is 0.0437. The van der Waals surface area contributed by atoms with Crippen LogP contribution >= 0.6 is 0 Å². The summed E-state index contributed by atoms with van der Waals surface area (Å²) < 4.78 is 6.66. The van der Waals surface area contributed by atoms with E-state index in [9.17, 15) is 9.59 Å². The van der Waals surface area contributed by atoms with Crippen molar-refractivity contribution in [1.29, 1.82) is 0 Å². The van der Waals surface area contributed by atoms with Crippen molar-refractivity contribution < 1.29 is 9.21 Å². The molecular weight excluding hydrogens is 270 g/mol. The zero-order valence-corrected chi connectivity index (χ0v) is 12.0. The summed E-state index contributed by atoms with van der Waals surface area (Å²) in [6.45, 7) is 2.96. The Balaban J connectivity index is 1.92. The Labute approximate surface area is 122 Å². The highest BCUT2D eigenvalue weighted by Gasteiger charge is 2.05. The minimum atomic E-state index is -0.162. The molecule has 6 heteroatoms. The van der Waals surface area contributed by atoms with E-state index in [0.29, 0.717) is 37.4 Å². The number of amides is 1. The van der Waals surface area contributed by atoms with Crippen molar-refractivity contribution in [3.63, 3.8) is 0 Å². The van der Waals surface area contributed by atoms with Crippen LogP contribution in [-0.4, -0.2) is 22.2 Å². The van der Waals surface area contributed by atoms with Crippen molar-refractivity contribution in [2.75, 3.05) is 6.54 Å². The molecule has 0 saturated heterocycles. The molecule has 0 bridgehead atoms. The number of hydrogen-bond acceptors (Lipinski definition) is 4. The van der Waals surface area contributed by atoms with Gasteiger partial charge in [0.05, 0.1) is 6.26 Å². The molecule has 1 amide bonds. The van der Waals surface area contributed by atoms with Gasteiger partial charge in [0.2, 0.25) is 5.91 Å². The first kappa shape index (κ1) is 15.0. The molecule has 0 aliphatic rings. The second kappa shape index (κ2) is 7.42. The van der Waals surface area contributed by atoms with E-state index >= 15 is 0 Å². The predicted molar refractivity (Wildman–Crippen MR) is 78.7 cm³/mol. The lowest BCUT2D eigenvalue weighted by molar-refractivity contribution is -0.121. The van der Waals surface area contributed by atoms with Crippen LogP contribution in [0.3, 0.4) is 0 Å². The van der Waals surface area contributed by atoms with Crippen LogP contribution in [0.15, 0.2) is 39.7 Å². The maximum Gasteiger partial charge on any atom is 0.266 e. The lowest BCUT2D eigenvalue weighted by Crippen LogP contribution is -2.27. The molecular formula is C15H19N3O3. The Morgan fingerprint density at radius 1 is 1.38 bits per heavy atom. The number of aromatic nitrogens is 2. The Morgan fingerprint density at radius 3 is 2.95 bits per heavy atom. The molecule has 21 heavy (non-hydrogen) atoms. The second-order valence-corrected chi connectivity index (χ2v) is 4.71. The molecule has 1 N–H and O–H groups in total. The van der Waals surface area contributed by atoms with E-state index in [4.69, 9.17) is 4.42 Å². The van der Waals surface area contributed by atoms with E-state index in [1.54, 1.807) is 24.5 Å². The minimum Gasteiger partial charge on any atom is -0.463 e. The van der Waals surface area contributed by atoms with Crippen molar-refractivity contribution in [1.82, 2.24) is 15.1 Å². The smallest absolute Gasteiger partial charge is 0.266 e. The molecule has 0 fully saturated rings. The van der Waals surface area contributed by atoms with Crippen LogP contribution in [0.1, 0.15) is 26.2 Å². The van der Waals surface area contributed by atoms with Crippen LogP contribution in [0.5, 0.6) is 0 Å². The molecule has 0 aromatic carbocycles. The Hall–Kier alpha value is -2.37. The first-order valence-electron chi connectivity index (χ1n) is 7.09. The average Bonchev–Trinajstić information content (AvgIpc) is 3.00. The fraction of sp³-hybridized carbons (Fsp3) is 0.400. The quantitative estimate of drug-likeness (QED) is 0.789. The van der Waals surface area contributed by atoms with Crippen molar-refractivity contribution in [2.24, 2.45) is 0 Å². The van der Waals surface area contributed by atoms with Crippen molar-refractivity contribution in [2.45, 2.75) is 32.7 Å². The monoisotopic (exact) mass is 289 g/mol. The summed E-state index contributed by atoms with van der Waals surface area (Å²) in [5.41, 5.74) is 0.458. The molecule has 2 rings (SSSR count). The van der Waals surface area contributed by atoms with E-state index in [0.717, 1.165) is 6.42 Å². The average molecular weight is 289 g/mol. The lowest BCUT2D eigenvalue weighted by atomic mass is 10.3. The molecule has 2 aromatic rings. The number of carbonyl (C=O) groups excluding carboxylic acids is 1. The van der Waals surface area contributed by atoms with Crippen LogP contribution in [0.2, 0.25) is 0 Å². The Morgan fingerprint density at radius 2 is 2.24 bits per heavy atom. The van der Waals surface area contributed by atoms with Gasteiger partial charge in [-0.25, -0.2) is 4.68 Å². The molecule has 0 radical (unpaired) electrons. The van der Waals surface area contributed by atoms with Crippen LogP contribution in [0.4, 0.5) is 0 Å². The highest BCUT2D eigenvalue weighted by Crippen LogP contribution is 2.14. The van der Waals surface area contributed by atoms with Crippen LogP contribution in [0, 0.1) is 0 Å². The van der Waals surface area contributed by atoms with Gasteiger partial charge >= 0.3 is 0 Å². The van der Waals surface area contributed by atoms with E-state index in [1.165, 1.54) is 10.7 Å². The fourth-order valence-corrected chi connectivity index (χ4v) is 1.94. The van der Waals surface area contributed by atoms with Crippen LogP contribution in [-0.2, 0) is 11.3 Å². The molecule has 2 aromatic heterocycles. The number of carbonyl (C=O) groups is 1. The molecule has 0 unspecified atom stereocenters. The maximum atomic E-state index is 11.8. The van der Waals surface area contributed by atoms with Gasteiger partial charge in [0.25, 0.3) is 5.56 Å². The van der Waals surface area contributed by atoms with Crippen molar-refractivity contribution in [3.05, 3.63) is 40.9 Å². The number of furan rings is 1. The largest absolute Gasteiger partial charge is 0.463 e. The number of nitrogens with zero attached hydrogens (tertiary/aromatic N) is 2. The van der Waals surface area contributed by atoms with Gasteiger partial charge in [0.15, 0.2) is 5.76 Å². The van der Waals surface area contributed by atoms with Gasteiger partial charge in [-0.2, -0.15) is 5.10 Å². The van der Waals surface area contributed by atoms with Crippen LogP contribution < -0.4 is 10.9 Å². The molecule has 6 nitrogen and oxygen atoms in total. The molecule has 0 atom stereocenters. The number of aryl methyl sites for hydroxylation is 1. The van der Waals surface area contributed by atoms with Gasteiger partial charge in [-0.3, -0.25) is 9.59 Å². The van der Waals surface area contributed by atoms with E-state index in [1.807, 2.05) is 6.92 Å². The molecule has 2 heterocycles. The fourth-order valence-electron chi connectivity index (χ4n) is 1.94. The highest BCUT2D eigenvalue weighted by molar-refractivity contribution is 5.75. The summed E-state index contributed by atoms with van der Waals surface area (Å²) in [7, 11) is 0. The first-order valence-corrected chi connectivity index (χ1v) is 7.09. The van der Waals surface area contributed by atoms with E-state index in [-0.39, 0.29) is 11.5 Å². The van der Waals surface area contributed by atoms with Gasteiger partial charge < -0.3 is 9.73 Å². The summed E-state index contributed by atoms with van der Waals surface area (Å²) in [4.78, 5) is 23.1. The number of nitrogens with one attached hydrogen (secondary N) is 1. The summed E-state index contributed by atoms with van der Waals surface area (Å²) in [5.74, 6) is 0.669. The zero-order valence-electron chi connectivity index (χ0n) is 12.0. The van der Waals surface area contributed by atoms with Crippen molar-refractivity contribution in [3.8, 4) is 11.5 Å². The normalized spacial score (nSPS) is 10.5. The molecule has 0 aliphatic heterocycles. The molecule has 0 saturated carbocycles. The Bertz CT molecular complexity index is 632. The lowest BCUT2D eigenvalue weighted by Gasteiger charge is -2.07. The van der Waals surface area contributed by atoms with Gasteiger partial charge in [-0.05, 0) is 31.0 Å². The van der Waals surface area contributed by atoms with Crippen LogP contribution in [0.25, 0.3) is 11.5 Å². The SMILES string of the molecule is CCCC(=O)NCCCn1nc(-c2ccco2)ccc1=O. The third-order valence-corrected chi connectivity index (χ3v) is 2.99. The summed E-state index contributed by atoms with van der Waals surface area (Å²) in [6, 6.07) is 6.68. The van der Waals surface area contributed by atoms with E-state index in [2.05, 4.69) is 10.4 Å². The third kappa shape index (κ3) is 4.30. The molecule has 112 valence electrons. The maximum absolute atomic E-state index is 11.8. The molecule has 0 aliphatic carbocycles. The van der Waals surface area contributed by atoms with E-state index < -0.39 is 0 Å². The topological polar surface area (TPSA) is 77.1 Å². The zero-order chi connectivity index (χ0) is 15.1. The van der Waals surface area contributed by atoms with Gasteiger partial charge in [0.1, 0.15) is 5.69 Å². The first-order chi connectivity index (χ1) is 10.2. The Kier molecular flexibility index (Phi) is 5.31. The molecule has 0 spiro atoms. The summed E-state index contributed by atoms with van der Waals surface area (Å²) >= 11 is 0. The number of rotatable bonds is 7. The second-order valence-electron chi connectivity index (χ2n) is 4.71. The number of hydrogen-bond donors (Lipinski definition) is 1. The summed E-state index contributed by atoms with van der Waals surface area (Å²) in [5, 5.41) is 7.08. The predicted octanol–water partition coefficient (Wildman–Crippen LogP) is 1.81. The van der Waals surface area contributed by atoms with Gasteiger partial charge in [0, 0.05) is 25.6 Å². The standard InChI is InChI=1S/C15H19N3O3/c1-2-5-14(19)16-9-4-10-18-15(20)8-7-12(17-18)13-6-3-11-21-13/h3,6-8,11H,2,4-5,9-10H2,1H3,(H,16,19). The van der Waals surface area contributed by atoms with Gasteiger partial charge in [-0.1, -0.05) is 6.92 Å². The third-order valence-electron chi connectivity index (χ3n) is 2.99. The van der Waals surface area contributed by atoms with Gasteiger partial charge in [-0.15, -0.1) is 0 Å².